The molecule has 4 atom stereocenters. The second kappa shape index (κ2) is 6.23. The van der Waals surface area contributed by atoms with Crippen molar-refractivity contribution in [2.45, 2.75) is 103 Å². The van der Waals surface area contributed by atoms with E-state index in [1.165, 1.54) is 25.7 Å². The Morgan fingerprint density at radius 3 is 1.63 bits per heavy atom. The minimum absolute atomic E-state index is 0.304. The molecule has 2 heterocycles. The number of rotatable bonds is 0. The molecule has 2 nitrogen and oxygen atoms in total. The van der Waals surface area contributed by atoms with Crippen LogP contribution in [0.5, 0.6) is 0 Å². The fraction of sp³-hybridized carbons (Fsp3) is 0.714. The van der Waals surface area contributed by atoms with Gasteiger partial charge in [0.2, 0.25) is 0 Å². The van der Waals surface area contributed by atoms with Gasteiger partial charge in [-0.2, -0.15) is 0 Å². The summed E-state index contributed by atoms with van der Waals surface area (Å²) in [6.07, 6.45) is 15.3. The molecule has 0 aromatic rings. The lowest BCUT2D eigenvalue weighted by Crippen LogP contribution is -3.05. The SMILES string of the molecule is CC1(C)CC(=C2C=C[C@H]3[C@@H]2[C@@H]2C=C[C@@H]3C2=C2CC(C)(C)[NH2+]C(C)(C)C2)CC(C)(C)[NH2+]1. The van der Waals surface area contributed by atoms with Gasteiger partial charge in [-0.25, -0.2) is 0 Å². The van der Waals surface area contributed by atoms with Crippen molar-refractivity contribution in [3.8, 4) is 0 Å². The van der Waals surface area contributed by atoms with E-state index in [-0.39, 0.29) is 0 Å². The third-order valence-electron chi connectivity index (χ3n) is 8.37. The van der Waals surface area contributed by atoms with Crippen molar-refractivity contribution < 1.29 is 10.6 Å². The van der Waals surface area contributed by atoms with Crippen LogP contribution in [-0.4, -0.2) is 22.2 Å². The van der Waals surface area contributed by atoms with Crippen molar-refractivity contribution in [3.05, 3.63) is 46.6 Å². The van der Waals surface area contributed by atoms with Crippen LogP contribution in [0.25, 0.3) is 0 Å². The fourth-order valence-electron chi connectivity index (χ4n) is 8.62. The van der Waals surface area contributed by atoms with Crippen LogP contribution in [0.1, 0.15) is 81.1 Å². The van der Waals surface area contributed by atoms with Gasteiger partial charge in [-0.15, -0.1) is 0 Å². The molecule has 0 aromatic heterocycles. The lowest BCUT2D eigenvalue weighted by Gasteiger charge is -2.42. The fourth-order valence-corrected chi connectivity index (χ4v) is 8.62. The number of piperidine rings is 2. The largest absolute Gasteiger partial charge is 0.337 e. The van der Waals surface area contributed by atoms with Crippen LogP contribution < -0.4 is 10.6 Å². The number of allylic oxidation sites excluding steroid dienone is 6. The summed E-state index contributed by atoms with van der Waals surface area (Å²) in [4.78, 5) is 0. The van der Waals surface area contributed by atoms with Crippen LogP contribution >= 0.6 is 0 Å². The van der Waals surface area contributed by atoms with Gasteiger partial charge in [0.1, 0.15) is 0 Å². The summed E-state index contributed by atoms with van der Waals surface area (Å²) in [6, 6.07) is 0. The van der Waals surface area contributed by atoms with Crippen molar-refractivity contribution in [2.24, 2.45) is 23.7 Å². The van der Waals surface area contributed by atoms with Crippen LogP contribution in [-0.2, 0) is 0 Å². The maximum atomic E-state index is 2.62. The topological polar surface area (TPSA) is 33.2 Å². The zero-order valence-corrected chi connectivity index (χ0v) is 20.6. The molecule has 2 aliphatic heterocycles. The Kier molecular flexibility index (Phi) is 4.31. The highest BCUT2D eigenvalue weighted by molar-refractivity contribution is 5.51. The minimum Gasteiger partial charge on any atom is -0.337 e. The van der Waals surface area contributed by atoms with E-state index in [0.717, 1.165) is 0 Å². The van der Waals surface area contributed by atoms with E-state index in [2.05, 4.69) is 90.3 Å². The number of fused-ring (bicyclic) bond motifs is 5. The molecule has 0 unspecified atom stereocenters. The molecule has 2 heteroatoms. The van der Waals surface area contributed by atoms with Crippen LogP contribution in [0.2, 0.25) is 0 Å². The van der Waals surface area contributed by atoms with Gasteiger partial charge in [-0.3, -0.25) is 0 Å². The van der Waals surface area contributed by atoms with Crippen molar-refractivity contribution >= 4 is 0 Å². The second-order valence-corrected chi connectivity index (χ2v) is 14.0. The molecule has 2 bridgehead atoms. The molecular formula is C28H44N2+2. The van der Waals surface area contributed by atoms with E-state index in [4.69, 9.17) is 0 Å². The van der Waals surface area contributed by atoms with Crippen molar-refractivity contribution in [3.63, 3.8) is 0 Å². The standard InChI is InChI=1S/C28H42N2/c1-25(2)13-17(14-26(3,4)29-25)19-9-10-21-20-11-12-22(24(19)21)23(20)18-15-27(5,6)30-28(7,8)16-18/h9-12,20-22,24,29-30H,13-16H2,1-8H3/p+2/t20-,21+,22+,24+/m0/s1. The molecule has 0 amide bonds. The van der Waals surface area contributed by atoms with Gasteiger partial charge in [0.25, 0.3) is 0 Å². The van der Waals surface area contributed by atoms with Crippen molar-refractivity contribution in [1.82, 2.24) is 0 Å². The Labute approximate surface area is 184 Å². The Bertz CT molecular complexity index is 854. The summed E-state index contributed by atoms with van der Waals surface area (Å²) < 4.78 is 0. The van der Waals surface area contributed by atoms with E-state index in [1.807, 2.05) is 5.57 Å². The Hall–Kier alpha value is -1.12. The molecular weight excluding hydrogens is 364 g/mol. The molecule has 0 aromatic carbocycles. The quantitative estimate of drug-likeness (QED) is 0.568. The summed E-state index contributed by atoms with van der Waals surface area (Å²) in [6.45, 7) is 19.5. The first-order valence-corrected chi connectivity index (χ1v) is 12.3. The first-order chi connectivity index (χ1) is 13.8. The van der Waals surface area contributed by atoms with Gasteiger partial charge < -0.3 is 10.6 Å². The Morgan fingerprint density at radius 1 is 0.633 bits per heavy atom. The molecule has 30 heavy (non-hydrogen) atoms. The van der Waals surface area contributed by atoms with Gasteiger partial charge in [0, 0.05) is 43.4 Å². The molecule has 1 saturated carbocycles. The highest BCUT2D eigenvalue weighted by atomic mass is 15.1. The van der Waals surface area contributed by atoms with E-state index >= 15 is 0 Å². The maximum Gasteiger partial charge on any atom is 0.0946 e. The Morgan fingerprint density at radius 2 is 1.10 bits per heavy atom. The van der Waals surface area contributed by atoms with Gasteiger partial charge >= 0.3 is 0 Å². The van der Waals surface area contributed by atoms with Gasteiger partial charge in [0.15, 0.2) is 0 Å². The van der Waals surface area contributed by atoms with E-state index in [9.17, 15) is 0 Å². The van der Waals surface area contributed by atoms with Gasteiger partial charge in [-0.05, 0) is 66.9 Å². The molecule has 0 spiro atoms. The Balaban J connectivity index is 1.54. The van der Waals surface area contributed by atoms with E-state index in [1.54, 1.807) is 16.7 Å². The molecule has 0 radical (unpaired) electrons. The number of quaternary nitrogens is 2. The third-order valence-corrected chi connectivity index (χ3v) is 8.37. The lowest BCUT2D eigenvalue weighted by atomic mass is 9.73. The second-order valence-electron chi connectivity index (χ2n) is 14.0. The summed E-state index contributed by atoms with van der Waals surface area (Å²) in [5, 5.41) is 5.22. The summed E-state index contributed by atoms with van der Waals surface area (Å²) in [5.41, 5.74) is 8.30. The monoisotopic (exact) mass is 408 g/mol. The zero-order chi connectivity index (χ0) is 21.7. The van der Waals surface area contributed by atoms with Crippen LogP contribution in [0.3, 0.4) is 0 Å². The molecule has 2 saturated heterocycles. The van der Waals surface area contributed by atoms with Gasteiger partial charge in [-0.1, -0.05) is 41.0 Å². The first-order valence-electron chi connectivity index (χ1n) is 12.3. The van der Waals surface area contributed by atoms with Crippen LogP contribution in [0, 0.1) is 23.7 Å². The summed E-state index contributed by atoms with van der Waals surface area (Å²) in [7, 11) is 0. The third kappa shape index (κ3) is 3.39. The van der Waals surface area contributed by atoms with E-state index in [0.29, 0.717) is 45.8 Å². The highest BCUT2D eigenvalue weighted by Gasteiger charge is 2.54. The summed E-state index contributed by atoms with van der Waals surface area (Å²) in [5.74, 6) is 2.72. The molecule has 3 aliphatic carbocycles. The molecule has 4 N–H and O–H groups in total. The van der Waals surface area contributed by atoms with Crippen molar-refractivity contribution in [1.29, 1.82) is 0 Å². The smallest absolute Gasteiger partial charge is 0.0946 e. The number of hydrogen-bond donors (Lipinski definition) is 2. The molecule has 5 aliphatic rings. The lowest BCUT2D eigenvalue weighted by molar-refractivity contribution is -0.784. The number of hydrogen-bond acceptors (Lipinski definition) is 0. The first kappa shape index (κ1) is 20.8. The highest BCUT2D eigenvalue weighted by Crippen LogP contribution is 2.60. The average Bonchev–Trinajstić information content (AvgIpc) is 3.19. The van der Waals surface area contributed by atoms with E-state index < -0.39 is 0 Å². The predicted molar refractivity (Wildman–Crippen MR) is 125 cm³/mol. The average molecular weight is 409 g/mol. The molecule has 5 rings (SSSR count). The van der Waals surface area contributed by atoms with Gasteiger partial charge in [0.05, 0.1) is 22.2 Å². The summed E-state index contributed by atoms with van der Waals surface area (Å²) >= 11 is 0. The normalized spacial score (nSPS) is 39.7. The zero-order valence-electron chi connectivity index (χ0n) is 20.6. The van der Waals surface area contributed by atoms with Crippen LogP contribution in [0.4, 0.5) is 0 Å². The minimum atomic E-state index is 0.304. The molecule has 3 fully saturated rings. The van der Waals surface area contributed by atoms with Crippen molar-refractivity contribution in [2.75, 3.05) is 0 Å². The number of nitrogens with two attached hydrogens (primary N) is 2. The maximum absolute atomic E-state index is 2.62. The molecule has 164 valence electrons. The predicted octanol–water partition coefficient (Wildman–Crippen LogP) is 4.03. The van der Waals surface area contributed by atoms with Crippen LogP contribution in [0.15, 0.2) is 46.6 Å².